The van der Waals surface area contributed by atoms with E-state index in [9.17, 15) is 0 Å². The SMILES string of the molecule is CCC1CN(c2cnccc2CNC)CCO1. The van der Waals surface area contributed by atoms with Gasteiger partial charge in [0, 0.05) is 25.8 Å². The number of aromatic nitrogens is 1. The van der Waals surface area contributed by atoms with Gasteiger partial charge >= 0.3 is 0 Å². The van der Waals surface area contributed by atoms with Crippen molar-refractivity contribution in [3.8, 4) is 0 Å². The Morgan fingerprint density at radius 1 is 1.59 bits per heavy atom. The van der Waals surface area contributed by atoms with Crippen LogP contribution in [0.2, 0.25) is 0 Å². The van der Waals surface area contributed by atoms with Gasteiger partial charge < -0.3 is 15.0 Å². The summed E-state index contributed by atoms with van der Waals surface area (Å²) in [7, 11) is 1.97. The van der Waals surface area contributed by atoms with Gasteiger partial charge in [-0.15, -0.1) is 0 Å². The minimum Gasteiger partial charge on any atom is -0.375 e. The Labute approximate surface area is 103 Å². The van der Waals surface area contributed by atoms with Gasteiger partial charge in [-0.25, -0.2) is 0 Å². The fourth-order valence-corrected chi connectivity index (χ4v) is 2.22. The number of morpholine rings is 1. The highest BCUT2D eigenvalue weighted by atomic mass is 16.5. The zero-order valence-electron chi connectivity index (χ0n) is 10.6. The van der Waals surface area contributed by atoms with Crippen molar-refractivity contribution in [3.05, 3.63) is 24.0 Å². The second-order valence-electron chi connectivity index (χ2n) is 4.38. The van der Waals surface area contributed by atoms with Crippen molar-refractivity contribution in [1.29, 1.82) is 0 Å². The fraction of sp³-hybridized carbons (Fsp3) is 0.615. The minimum atomic E-state index is 0.353. The second kappa shape index (κ2) is 5.98. The summed E-state index contributed by atoms with van der Waals surface area (Å²) in [6, 6.07) is 2.09. The third-order valence-electron chi connectivity index (χ3n) is 3.19. The zero-order valence-corrected chi connectivity index (χ0v) is 10.6. The highest BCUT2D eigenvalue weighted by Crippen LogP contribution is 2.22. The van der Waals surface area contributed by atoms with Crippen LogP contribution in [0.3, 0.4) is 0 Å². The molecule has 0 aliphatic carbocycles. The van der Waals surface area contributed by atoms with Gasteiger partial charge in [0.05, 0.1) is 24.6 Å². The van der Waals surface area contributed by atoms with Gasteiger partial charge in [-0.1, -0.05) is 6.92 Å². The van der Waals surface area contributed by atoms with Gasteiger partial charge in [-0.05, 0) is 25.1 Å². The maximum absolute atomic E-state index is 5.70. The summed E-state index contributed by atoms with van der Waals surface area (Å²) in [4.78, 5) is 6.63. The smallest absolute Gasteiger partial charge is 0.0748 e. The first kappa shape index (κ1) is 12.3. The maximum Gasteiger partial charge on any atom is 0.0748 e. The van der Waals surface area contributed by atoms with Gasteiger partial charge in [0.1, 0.15) is 0 Å². The Morgan fingerprint density at radius 3 is 3.24 bits per heavy atom. The summed E-state index contributed by atoms with van der Waals surface area (Å²) in [5, 5.41) is 3.20. The maximum atomic E-state index is 5.70. The first-order chi connectivity index (χ1) is 8.35. The number of nitrogens with one attached hydrogen (secondary N) is 1. The van der Waals surface area contributed by atoms with E-state index in [4.69, 9.17) is 4.74 Å². The molecule has 0 amide bonds. The lowest BCUT2D eigenvalue weighted by atomic mass is 10.1. The molecule has 1 aromatic rings. The molecule has 0 aromatic carbocycles. The Bertz CT molecular complexity index is 356. The lowest BCUT2D eigenvalue weighted by Gasteiger charge is -2.35. The second-order valence-corrected chi connectivity index (χ2v) is 4.38. The summed E-state index contributed by atoms with van der Waals surface area (Å²) >= 11 is 0. The number of hydrogen-bond acceptors (Lipinski definition) is 4. The van der Waals surface area contributed by atoms with Crippen LogP contribution in [0.1, 0.15) is 18.9 Å². The largest absolute Gasteiger partial charge is 0.375 e. The monoisotopic (exact) mass is 235 g/mol. The first-order valence-electron chi connectivity index (χ1n) is 6.29. The summed E-state index contributed by atoms with van der Waals surface area (Å²) in [5.41, 5.74) is 2.54. The normalized spacial score (nSPS) is 20.6. The highest BCUT2D eigenvalue weighted by molar-refractivity contribution is 5.52. The summed E-state index contributed by atoms with van der Waals surface area (Å²) in [5.74, 6) is 0. The van der Waals surface area contributed by atoms with Crippen LogP contribution in [0.4, 0.5) is 5.69 Å². The Hall–Kier alpha value is -1.13. The van der Waals surface area contributed by atoms with Crippen molar-refractivity contribution in [2.75, 3.05) is 31.6 Å². The van der Waals surface area contributed by atoms with Crippen molar-refractivity contribution < 1.29 is 4.74 Å². The number of anilines is 1. The molecule has 2 rings (SSSR count). The molecule has 1 aliphatic heterocycles. The molecule has 0 spiro atoms. The predicted molar refractivity (Wildman–Crippen MR) is 69.2 cm³/mol. The lowest BCUT2D eigenvalue weighted by Crippen LogP contribution is -2.42. The summed E-state index contributed by atoms with van der Waals surface area (Å²) in [6.07, 6.45) is 5.24. The molecule has 4 nitrogen and oxygen atoms in total. The molecule has 0 radical (unpaired) electrons. The molecule has 4 heteroatoms. The van der Waals surface area contributed by atoms with Crippen LogP contribution in [0.15, 0.2) is 18.5 Å². The molecule has 1 unspecified atom stereocenters. The summed E-state index contributed by atoms with van der Waals surface area (Å²) < 4.78 is 5.70. The number of rotatable bonds is 4. The van der Waals surface area contributed by atoms with Crippen molar-refractivity contribution in [2.24, 2.45) is 0 Å². The molecular formula is C13H21N3O. The number of hydrogen-bond donors (Lipinski definition) is 1. The van der Waals surface area contributed by atoms with Crippen molar-refractivity contribution in [2.45, 2.75) is 26.0 Å². The topological polar surface area (TPSA) is 37.4 Å². The predicted octanol–water partition coefficient (Wildman–Crippen LogP) is 1.42. The van der Waals surface area contributed by atoms with Crippen LogP contribution in [0.5, 0.6) is 0 Å². The van der Waals surface area contributed by atoms with Gasteiger partial charge in [-0.2, -0.15) is 0 Å². The molecular weight excluding hydrogens is 214 g/mol. The van der Waals surface area contributed by atoms with E-state index in [1.54, 1.807) is 0 Å². The van der Waals surface area contributed by atoms with Crippen molar-refractivity contribution >= 4 is 5.69 Å². The van der Waals surface area contributed by atoms with Crippen LogP contribution in [-0.4, -0.2) is 37.8 Å². The average Bonchev–Trinajstić information content (AvgIpc) is 2.40. The van der Waals surface area contributed by atoms with E-state index in [-0.39, 0.29) is 0 Å². The van der Waals surface area contributed by atoms with Gasteiger partial charge in [0.15, 0.2) is 0 Å². The fourth-order valence-electron chi connectivity index (χ4n) is 2.22. The standard InChI is InChI=1S/C13H21N3O/c1-3-12-10-16(6-7-17-12)13-9-15-5-4-11(13)8-14-2/h4-5,9,12,14H,3,6-8,10H2,1-2H3. The highest BCUT2D eigenvalue weighted by Gasteiger charge is 2.20. The molecule has 1 aromatic heterocycles. The molecule has 1 N–H and O–H groups in total. The van der Waals surface area contributed by atoms with Gasteiger partial charge in [0.2, 0.25) is 0 Å². The lowest BCUT2D eigenvalue weighted by molar-refractivity contribution is 0.0383. The van der Waals surface area contributed by atoms with Gasteiger partial charge in [0.25, 0.3) is 0 Å². The number of pyridine rings is 1. The number of nitrogens with zero attached hydrogens (tertiary/aromatic N) is 2. The molecule has 1 aliphatic rings. The Balaban J connectivity index is 2.15. The molecule has 94 valence electrons. The van der Waals surface area contributed by atoms with Crippen molar-refractivity contribution in [1.82, 2.24) is 10.3 Å². The van der Waals surface area contributed by atoms with Crippen molar-refractivity contribution in [3.63, 3.8) is 0 Å². The van der Waals surface area contributed by atoms with E-state index in [1.165, 1.54) is 11.3 Å². The van der Waals surface area contributed by atoms with Crippen LogP contribution in [0.25, 0.3) is 0 Å². The average molecular weight is 235 g/mol. The van der Waals surface area contributed by atoms with E-state index < -0.39 is 0 Å². The third-order valence-corrected chi connectivity index (χ3v) is 3.19. The van der Waals surface area contributed by atoms with E-state index in [0.717, 1.165) is 32.7 Å². The summed E-state index contributed by atoms with van der Waals surface area (Å²) in [6.45, 7) is 5.79. The zero-order chi connectivity index (χ0) is 12.1. The minimum absolute atomic E-state index is 0.353. The Kier molecular flexibility index (Phi) is 4.34. The molecule has 1 atom stereocenters. The van der Waals surface area contributed by atoms with Crippen LogP contribution >= 0.6 is 0 Å². The Morgan fingerprint density at radius 2 is 2.47 bits per heavy atom. The van der Waals surface area contributed by atoms with E-state index in [2.05, 4.69) is 28.2 Å². The first-order valence-corrected chi connectivity index (χ1v) is 6.29. The third kappa shape index (κ3) is 2.96. The molecule has 0 saturated carbocycles. The number of ether oxygens (including phenoxy) is 1. The van der Waals surface area contributed by atoms with E-state index >= 15 is 0 Å². The van der Waals surface area contributed by atoms with Crippen LogP contribution in [0, 0.1) is 0 Å². The molecule has 1 saturated heterocycles. The van der Waals surface area contributed by atoms with E-state index in [1.807, 2.05) is 19.4 Å². The molecule has 17 heavy (non-hydrogen) atoms. The molecule has 0 bridgehead atoms. The van der Waals surface area contributed by atoms with Crippen LogP contribution in [-0.2, 0) is 11.3 Å². The van der Waals surface area contributed by atoms with Crippen LogP contribution < -0.4 is 10.2 Å². The molecule has 2 heterocycles. The van der Waals surface area contributed by atoms with E-state index in [0.29, 0.717) is 6.10 Å². The van der Waals surface area contributed by atoms with Gasteiger partial charge in [-0.3, -0.25) is 4.98 Å². The quantitative estimate of drug-likeness (QED) is 0.856. The molecule has 1 fully saturated rings.